The molecule has 0 aliphatic rings. The Morgan fingerprint density at radius 1 is 0.625 bits per heavy atom. The first-order valence-electron chi connectivity index (χ1n) is 16.2. The quantitative estimate of drug-likeness (QED) is 0.158. The largest absolute Gasteiger partial charge is 0.435 e. The standard InChI is InChI=1S/C36H39N9O3/c1-5-43(6-2)35-38-33(39-36(40-35)44(7-3)8-4)30-21-45(42-41-30)29-19-17-28(18-20-29)34-37-31(26-13-9-24(22-46)10-14-26)32(48-34)27-15-11-25(23-47)12-16-27/h9-21,46-47H,5-8,22-23H2,1-4H3. The van der Waals surface area contributed by atoms with E-state index in [2.05, 4.69) is 47.8 Å². The van der Waals surface area contributed by atoms with Crippen LogP contribution < -0.4 is 9.80 Å². The molecule has 0 atom stereocenters. The Labute approximate surface area is 279 Å². The highest BCUT2D eigenvalue weighted by Crippen LogP contribution is 2.36. The lowest BCUT2D eigenvalue weighted by Gasteiger charge is -2.23. The zero-order valence-electron chi connectivity index (χ0n) is 27.6. The molecule has 0 saturated heterocycles. The summed E-state index contributed by atoms with van der Waals surface area (Å²) >= 11 is 0. The molecule has 0 saturated carbocycles. The van der Waals surface area contributed by atoms with Crippen molar-refractivity contribution in [1.82, 2.24) is 34.9 Å². The number of anilines is 2. The SMILES string of the molecule is CCN(CC)c1nc(-c2cn(-c3ccc(-c4nc(-c5ccc(CO)cc5)c(-c5ccc(CO)cc5)o4)cc3)nn2)nc(N(CC)CC)n1. The minimum absolute atomic E-state index is 0.0380. The molecule has 6 rings (SSSR count). The van der Waals surface area contributed by atoms with E-state index in [4.69, 9.17) is 24.4 Å². The number of benzene rings is 3. The van der Waals surface area contributed by atoms with E-state index in [1.165, 1.54) is 0 Å². The molecule has 12 nitrogen and oxygen atoms in total. The minimum atomic E-state index is -0.0404. The fourth-order valence-electron chi connectivity index (χ4n) is 5.38. The zero-order valence-corrected chi connectivity index (χ0v) is 27.6. The van der Waals surface area contributed by atoms with Gasteiger partial charge >= 0.3 is 0 Å². The maximum atomic E-state index is 9.52. The van der Waals surface area contributed by atoms with Gasteiger partial charge in [-0.3, -0.25) is 0 Å². The predicted molar refractivity (Wildman–Crippen MR) is 186 cm³/mol. The van der Waals surface area contributed by atoms with Gasteiger partial charge in [0.05, 0.1) is 25.1 Å². The van der Waals surface area contributed by atoms with Gasteiger partial charge in [-0.15, -0.1) is 5.10 Å². The van der Waals surface area contributed by atoms with Crippen molar-refractivity contribution in [3.63, 3.8) is 0 Å². The van der Waals surface area contributed by atoms with E-state index in [0.717, 1.165) is 59.7 Å². The Morgan fingerprint density at radius 2 is 1.15 bits per heavy atom. The topological polar surface area (TPSA) is 142 Å². The Kier molecular flexibility index (Phi) is 9.83. The van der Waals surface area contributed by atoms with Gasteiger partial charge in [0.1, 0.15) is 5.69 Å². The van der Waals surface area contributed by atoms with Crippen LogP contribution in [0, 0.1) is 0 Å². The third-order valence-electron chi connectivity index (χ3n) is 8.24. The molecule has 12 heteroatoms. The van der Waals surface area contributed by atoms with E-state index in [0.29, 0.717) is 40.8 Å². The van der Waals surface area contributed by atoms with Crippen molar-refractivity contribution in [2.75, 3.05) is 36.0 Å². The van der Waals surface area contributed by atoms with Crippen molar-refractivity contribution in [2.24, 2.45) is 0 Å². The zero-order chi connectivity index (χ0) is 33.6. The molecule has 0 amide bonds. The van der Waals surface area contributed by atoms with Gasteiger partial charge in [0.25, 0.3) is 0 Å². The minimum Gasteiger partial charge on any atom is -0.435 e. The van der Waals surface area contributed by atoms with Crippen LogP contribution in [0.25, 0.3) is 51.2 Å². The maximum absolute atomic E-state index is 9.52. The second-order valence-electron chi connectivity index (χ2n) is 11.1. The molecule has 0 aliphatic carbocycles. The molecule has 0 fully saturated rings. The van der Waals surface area contributed by atoms with Crippen molar-refractivity contribution in [3.05, 3.63) is 90.1 Å². The van der Waals surface area contributed by atoms with Gasteiger partial charge in [-0.2, -0.15) is 15.0 Å². The Hall–Kier alpha value is -5.46. The van der Waals surface area contributed by atoms with Crippen molar-refractivity contribution < 1.29 is 14.6 Å². The van der Waals surface area contributed by atoms with Crippen LogP contribution >= 0.6 is 0 Å². The first kappa shape index (κ1) is 32.5. The molecule has 0 bridgehead atoms. The van der Waals surface area contributed by atoms with Crippen molar-refractivity contribution in [1.29, 1.82) is 0 Å². The summed E-state index contributed by atoms with van der Waals surface area (Å²) in [5.41, 5.74) is 6.14. The first-order chi connectivity index (χ1) is 23.5. The van der Waals surface area contributed by atoms with Crippen LogP contribution in [0.5, 0.6) is 0 Å². The van der Waals surface area contributed by atoms with E-state index in [9.17, 15) is 10.2 Å². The summed E-state index contributed by atoms with van der Waals surface area (Å²) in [5, 5.41) is 27.8. The number of oxazole rings is 1. The lowest BCUT2D eigenvalue weighted by molar-refractivity contribution is 0.281. The Balaban J connectivity index is 1.32. The van der Waals surface area contributed by atoms with E-state index >= 15 is 0 Å². The molecule has 0 radical (unpaired) electrons. The third-order valence-corrected chi connectivity index (χ3v) is 8.24. The number of nitrogens with zero attached hydrogens (tertiary/aromatic N) is 9. The normalized spacial score (nSPS) is 11.2. The van der Waals surface area contributed by atoms with E-state index in [1.807, 2.05) is 79.0 Å². The molecule has 3 aromatic heterocycles. The van der Waals surface area contributed by atoms with Crippen LogP contribution in [0.2, 0.25) is 0 Å². The third kappa shape index (κ3) is 6.66. The fourth-order valence-corrected chi connectivity index (χ4v) is 5.38. The molecule has 6 aromatic rings. The molecule has 0 aliphatic heterocycles. The summed E-state index contributed by atoms with van der Waals surface area (Å²) in [7, 11) is 0. The molecule has 0 unspecified atom stereocenters. The number of hydrogen-bond donors (Lipinski definition) is 2. The second kappa shape index (κ2) is 14.5. The molecule has 3 heterocycles. The maximum Gasteiger partial charge on any atom is 0.230 e. The van der Waals surface area contributed by atoms with Crippen molar-refractivity contribution in [2.45, 2.75) is 40.9 Å². The molecular formula is C36H39N9O3. The summed E-state index contributed by atoms with van der Waals surface area (Å²) in [6, 6.07) is 22.9. The van der Waals surface area contributed by atoms with E-state index < -0.39 is 0 Å². The summed E-state index contributed by atoms with van der Waals surface area (Å²) < 4.78 is 8.08. The van der Waals surface area contributed by atoms with Crippen LogP contribution in [0.4, 0.5) is 11.9 Å². The van der Waals surface area contributed by atoms with Gasteiger partial charge in [-0.05, 0) is 63.1 Å². The van der Waals surface area contributed by atoms with E-state index in [1.54, 1.807) is 4.68 Å². The van der Waals surface area contributed by atoms with Gasteiger partial charge in [0.2, 0.25) is 17.8 Å². The molecule has 2 N–H and O–H groups in total. The predicted octanol–water partition coefficient (Wildman–Crippen LogP) is 5.79. The average molecular weight is 646 g/mol. The van der Waals surface area contributed by atoms with Crippen LogP contribution in [-0.2, 0) is 13.2 Å². The lowest BCUT2D eigenvalue weighted by Crippen LogP contribution is -2.28. The lowest BCUT2D eigenvalue weighted by atomic mass is 10.0. The number of aliphatic hydroxyl groups is 2. The van der Waals surface area contributed by atoms with Gasteiger partial charge < -0.3 is 24.4 Å². The summed E-state index contributed by atoms with van der Waals surface area (Å²) in [6.45, 7) is 11.3. The summed E-state index contributed by atoms with van der Waals surface area (Å²) in [6.07, 6.45) is 1.82. The molecule has 246 valence electrons. The number of aromatic nitrogens is 7. The van der Waals surface area contributed by atoms with Crippen LogP contribution in [0.3, 0.4) is 0 Å². The monoisotopic (exact) mass is 645 g/mol. The highest BCUT2D eigenvalue weighted by molar-refractivity contribution is 5.79. The van der Waals surface area contributed by atoms with Crippen LogP contribution in [0.15, 0.2) is 83.4 Å². The van der Waals surface area contributed by atoms with Gasteiger partial charge in [-0.25, -0.2) is 9.67 Å². The van der Waals surface area contributed by atoms with Crippen molar-refractivity contribution >= 4 is 11.9 Å². The van der Waals surface area contributed by atoms with Crippen LogP contribution in [-0.4, -0.2) is 71.3 Å². The number of rotatable bonds is 13. The van der Waals surface area contributed by atoms with Gasteiger partial charge in [0, 0.05) is 42.9 Å². The average Bonchev–Trinajstić information content (AvgIpc) is 3.82. The highest BCUT2D eigenvalue weighted by Gasteiger charge is 2.20. The van der Waals surface area contributed by atoms with Crippen LogP contribution in [0.1, 0.15) is 38.8 Å². The summed E-state index contributed by atoms with van der Waals surface area (Å²) in [5.74, 6) is 2.77. The van der Waals surface area contributed by atoms with Gasteiger partial charge in [-0.1, -0.05) is 53.7 Å². The molecule has 0 spiro atoms. The van der Waals surface area contributed by atoms with Gasteiger partial charge in [0.15, 0.2) is 17.3 Å². The number of aliphatic hydroxyl groups excluding tert-OH is 2. The smallest absolute Gasteiger partial charge is 0.230 e. The molecular weight excluding hydrogens is 606 g/mol. The Bertz CT molecular complexity index is 1850. The highest BCUT2D eigenvalue weighted by atomic mass is 16.4. The van der Waals surface area contributed by atoms with E-state index in [-0.39, 0.29) is 13.2 Å². The number of hydrogen-bond acceptors (Lipinski definition) is 11. The first-order valence-corrected chi connectivity index (χ1v) is 16.2. The summed E-state index contributed by atoms with van der Waals surface area (Å²) in [4.78, 5) is 23.3. The molecule has 48 heavy (non-hydrogen) atoms. The fraction of sp³-hybridized carbons (Fsp3) is 0.278. The second-order valence-corrected chi connectivity index (χ2v) is 11.1. The molecule has 3 aromatic carbocycles. The Morgan fingerprint density at radius 3 is 1.67 bits per heavy atom. The van der Waals surface area contributed by atoms with Crippen molar-refractivity contribution in [3.8, 4) is 51.2 Å².